The number of rotatable bonds is 7. The average Bonchev–Trinajstić information content (AvgIpc) is 2.98. The highest BCUT2D eigenvalue weighted by Gasteiger charge is 2.12. The van der Waals surface area contributed by atoms with E-state index in [9.17, 15) is 13.9 Å². The molecular weight excluding hydrogens is 276 g/mol. The number of nitrogens with one attached hydrogen (secondary N) is 1. The molecule has 0 radical (unpaired) electrons. The monoisotopic (exact) mass is 295 g/mol. The molecule has 0 amide bonds. The van der Waals surface area contributed by atoms with Gasteiger partial charge in [0.05, 0.1) is 12.4 Å². The first-order valence-electron chi connectivity index (χ1n) is 6.95. The van der Waals surface area contributed by atoms with E-state index < -0.39 is 17.7 Å². The fourth-order valence-corrected chi connectivity index (χ4v) is 2.07. The highest BCUT2D eigenvalue weighted by molar-refractivity contribution is 5.20. The van der Waals surface area contributed by atoms with Crippen LogP contribution in [-0.2, 0) is 6.42 Å². The Morgan fingerprint density at radius 3 is 2.71 bits per heavy atom. The molecule has 1 aromatic carbocycles. The van der Waals surface area contributed by atoms with Crippen LogP contribution in [0.3, 0.4) is 0 Å². The Labute approximate surface area is 122 Å². The van der Waals surface area contributed by atoms with E-state index >= 15 is 0 Å². The summed E-state index contributed by atoms with van der Waals surface area (Å²) in [6, 6.07) is 7.38. The van der Waals surface area contributed by atoms with Gasteiger partial charge in [-0.2, -0.15) is 0 Å². The van der Waals surface area contributed by atoms with Crippen LogP contribution in [0.4, 0.5) is 8.78 Å². The fourth-order valence-electron chi connectivity index (χ4n) is 2.07. The first-order chi connectivity index (χ1) is 10.1. The van der Waals surface area contributed by atoms with Gasteiger partial charge in [-0.05, 0) is 43.2 Å². The zero-order valence-electron chi connectivity index (χ0n) is 11.9. The number of aliphatic hydroxyl groups is 1. The maximum Gasteiger partial charge on any atom is 0.159 e. The highest BCUT2D eigenvalue weighted by atomic mass is 19.2. The van der Waals surface area contributed by atoms with Gasteiger partial charge < -0.3 is 14.8 Å². The summed E-state index contributed by atoms with van der Waals surface area (Å²) >= 11 is 0. The standard InChI is InChI=1S/C16H19F2NO2/c1-11(4-6-13-3-2-8-21-13)19-10-16(20)12-5-7-14(17)15(18)9-12/h2-3,5,7-9,11,16,19-20H,4,6,10H2,1H3. The SMILES string of the molecule is CC(CCc1ccco1)NCC(O)c1ccc(F)c(F)c1. The lowest BCUT2D eigenvalue weighted by atomic mass is 10.1. The van der Waals surface area contributed by atoms with E-state index in [1.165, 1.54) is 6.07 Å². The summed E-state index contributed by atoms with van der Waals surface area (Å²) in [4.78, 5) is 0. The van der Waals surface area contributed by atoms with Gasteiger partial charge in [0.1, 0.15) is 5.76 Å². The molecule has 0 aliphatic heterocycles. The molecule has 0 bridgehead atoms. The number of halogens is 2. The second-order valence-electron chi connectivity index (χ2n) is 5.12. The normalized spacial score (nSPS) is 14.1. The summed E-state index contributed by atoms with van der Waals surface area (Å²) in [5.74, 6) is -0.937. The van der Waals surface area contributed by atoms with Crippen molar-refractivity contribution in [1.29, 1.82) is 0 Å². The van der Waals surface area contributed by atoms with Gasteiger partial charge in [0, 0.05) is 19.0 Å². The molecule has 1 aromatic heterocycles. The van der Waals surface area contributed by atoms with E-state index in [0.29, 0.717) is 5.56 Å². The largest absolute Gasteiger partial charge is 0.469 e. The number of hydrogen-bond acceptors (Lipinski definition) is 3. The fraction of sp³-hybridized carbons (Fsp3) is 0.375. The summed E-state index contributed by atoms with van der Waals surface area (Å²) < 4.78 is 31.2. The maximum atomic E-state index is 13.1. The van der Waals surface area contributed by atoms with Gasteiger partial charge in [0.25, 0.3) is 0 Å². The molecule has 21 heavy (non-hydrogen) atoms. The molecule has 2 aromatic rings. The molecule has 114 valence electrons. The second-order valence-corrected chi connectivity index (χ2v) is 5.12. The third-order valence-electron chi connectivity index (χ3n) is 3.39. The molecule has 0 aliphatic rings. The molecular formula is C16H19F2NO2. The lowest BCUT2D eigenvalue weighted by Gasteiger charge is -2.17. The Balaban J connectivity index is 1.77. The van der Waals surface area contributed by atoms with Crippen LogP contribution in [0, 0.1) is 11.6 Å². The third-order valence-corrected chi connectivity index (χ3v) is 3.39. The molecule has 2 rings (SSSR count). The molecule has 5 heteroatoms. The third kappa shape index (κ3) is 4.65. The highest BCUT2D eigenvalue weighted by Crippen LogP contribution is 2.16. The smallest absolute Gasteiger partial charge is 0.159 e. The second kappa shape index (κ2) is 7.33. The summed E-state index contributed by atoms with van der Waals surface area (Å²) in [5.41, 5.74) is 0.361. The summed E-state index contributed by atoms with van der Waals surface area (Å²) in [5, 5.41) is 13.1. The molecule has 3 nitrogen and oxygen atoms in total. The minimum atomic E-state index is -0.947. The topological polar surface area (TPSA) is 45.4 Å². The molecule has 0 aliphatic carbocycles. The predicted octanol–water partition coefficient (Wildman–Crippen LogP) is 3.20. The molecule has 1 heterocycles. The number of hydrogen-bond donors (Lipinski definition) is 2. The van der Waals surface area contributed by atoms with Crippen LogP contribution in [0.2, 0.25) is 0 Å². The lowest BCUT2D eigenvalue weighted by molar-refractivity contribution is 0.169. The Morgan fingerprint density at radius 1 is 1.24 bits per heavy atom. The molecule has 0 spiro atoms. The van der Waals surface area contributed by atoms with Crippen LogP contribution in [0.5, 0.6) is 0 Å². The van der Waals surface area contributed by atoms with Crippen molar-refractivity contribution in [3.63, 3.8) is 0 Å². The van der Waals surface area contributed by atoms with Gasteiger partial charge in [-0.1, -0.05) is 6.07 Å². The van der Waals surface area contributed by atoms with Crippen LogP contribution in [0.1, 0.15) is 30.8 Å². The first kappa shape index (κ1) is 15.7. The van der Waals surface area contributed by atoms with Gasteiger partial charge in [-0.25, -0.2) is 8.78 Å². The van der Waals surface area contributed by atoms with Crippen molar-refractivity contribution in [1.82, 2.24) is 5.32 Å². The van der Waals surface area contributed by atoms with E-state index in [0.717, 1.165) is 30.7 Å². The number of benzene rings is 1. The van der Waals surface area contributed by atoms with E-state index in [4.69, 9.17) is 4.42 Å². The van der Waals surface area contributed by atoms with Gasteiger partial charge in [0.15, 0.2) is 11.6 Å². The van der Waals surface area contributed by atoms with Crippen molar-refractivity contribution < 1.29 is 18.3 Å². The van der Waals surface area contributed by atoms with Gasteiger partial charge in [-0.3, -0.25) is 0 Å². The zero-order valence-corrected chi connectivity index (χ0v) is 11.9. The summed E-state index contributed by atoms with van der Waals surface area (Å²) in [6.07, 6.45) is 2.44. The first-order valence-corrected chi connectivity index (χ1v) is 6.95. The van der Waals surface area contributed by atoms with Crippen LogP contribution in [0.25, 0.3) is 0 Å². The van der Waals surface area contributed by atoms with Crippen LogP contribution < -0.4 is 5.32 Å². The molecule has 2 atom stereocenters. The lowest BCUT2D eigenvalue weighted by Crippen LogP contribution is -2.30. The van der Waals surface area contributed by atoms with Crippen molar-refractivity contribution in [3.8, 4) is 0 Å². The van der Waals surface area contributed by atoms with Crippen molar-refractivity contribution in [2.24, 2.45) is 0 Å². The van der Waals surface area contributed by atoms with Crippen molar-refractivity contribution in [3.05, 3.63) is 59.6 Å². The van der Waals surface area contributed by atoms with Crippen molar-refractivity contribution in [2.45, 2.75) is 31.9 Å². The van der Waals surface area contributed by atoms with Crippen LogP contribution >= 0.6 is 0 Å². The number of aryl methyl sites for hydroxylation is 1. The Morgan fingerprint density at radius 2 is 2.05 bits per heavy atom. The molecule has 0 saturated heterocycles. The molecule has 2 unspecified atom stereocenters. The molecule has 2 N–H and O–H groups in total. The van der Waals surface area contributed by atoms with E-state index in [-0.39, 0.29) is 12.6 Å². The number of aliphatic hydroxyl groups excluding tert-OH is 1. The van der Waals surface area contributed by atoms with Crippen LogP contribution in [-0.4, -0.2) is 17.7 Å². The van der Waals surface area contributed by atoms with E-state index in [1.54, 1.807) is 6.26 Å². The van der Waals surface area contributed by atoms with E-state index in [2.05, 4.69) is 5.32 Å². The van der Waals surface area contributed by atoms with Gasteiger partial charge in [0.2, 0.25) is 0 Å². The Bertz CT molecular complexity index is 557. The van der Waals surface area contributed by atoms with Gasteiger partial charge in [-0.15, -0.1) is 0 Å². The minimum absolute atomic E-state index is 0.176. The predicted molar refractivity (Wildman–Crippen MR) is 75.8 cm³/mol. The molecule has 0 fully saturated rings. The Hall–Kier alpha value is -1.72. The summed E-state index contributed by atoms with van der Waals surface area (Å²) in [7, 11) is 0. The Kier molecular flexibility index (Phi) is 5.47. The van der Waals surface area contributed by atoms with E-state index in [1.807, 2.05) is 19.1 Å². The van der Waals surface area contributed by atoms with Crippen LogP contribution in [0.15, 0.2) is 41.0 Å². The number of furan rings is 1. The summed E-state index contributed by atoms with van der Waals surface area (Å²) in [6.45, 7) is 2.28. The zero-order chi connectivity index (χ0) is 15.2. The quantitative estimate of drug-likeness (QED) is 0.824. The van der Waals surface area contributed by atoms with Crippen molar-refractivity contribution >= 4 is 0 Å². The average molecular weight is 295 g/mol. The maximum absolute atomic E-state index is 13.1. The minimum Gasteiger partial charge on any atom is -0.469 e. The molecule has 0 saturated carbocycles. The van der Waals surface area contributed by atoms with Gasteiger partial charge >= 0.3 is 0 Å². The van der Waals surface area contributed by atoms with Crippen molar-refractivity contribution in [2.75, 3.05) is 6.54 Å².